The van der Waals surface area contributed by atoms with Gasteiger partial charge >= 0.3 is 0 Å². The molecule has 0 N–H and O–H groups in total. The van der Waals surface area contributed by atoms with E-state index in [0.29, 0.717) is 5.92 Å². The Bertz CT molecular complexity index is 540. The molecule has 0 saturated heterocycles. The van der Waals surface area contributed by atoms with Gasteiger partial charge < -0.3 is 0 Å². The van der Waals surface area contributed by atoms with Gasteiger partial charge in [0.2, 0.25) is 5.78 Å². The van der Waals surface area contributed by atoms with Gasteiger partial charge in [-0.2, -0.15) is 0 Å². The van der Waals surface area contributed by atoms with Crippen LogP contribution < -0.4 is 0 Å². The molecule has 0 unspecified atom stereocenters. The fourth-order valence-corrected chi connectivity index (χ4v) is 3.19. The fourth-order valence-electron chi connectivity index (χ4n) is 1.84. The Morgan fingerprint density at radius 1 is 1.17 bits per heavy atom. The minimum Gasteiger partial charge on any atom is -0.288 e. The maximum Gasteiger partial charge on any atom is 0.202 e. The highest BCUT2D eigenvalue weighted by Crippen LogP contribution is 2.24. The predicted molar refractivity (Wildman–Crippen MR) is 80.4 cm³/mol. The first-order valence-corrected chi connectivity index (χ1v) is 7.56. The number of hydrogen-bond donors (Lipinski definition) is 0. The van der Waals surface area contributed by atoms with Crippen molar-refractivity contribution in [2.24, 2.45) is 5.92 Å². The van der Waals surface area contributed by atoms with E-state index in [-0.39, 0.29) is 5.78 Å². The average molecular weight is 323 g/mol. The second-order valence-corrected chi connectivity index (χ2v) is 7.19. The van der Waals surface area contributed by atoms with E-state index in [1.807, 2.05) is 24.3 Å². The molecule has 0 spiro atoms. The van der Waals surface area contributed by atoms with Gasteiger partial charge in [0, 0.05) is 5.56 Å². The molecule has 0 amide bonds. The topological polar surface area (TPSA) is 17.1 Å². The maximum atomic E-state index is 12.2. The van der Waals surface area contributed by atoms with Crippen LogP contribution in [-0.2, 0) is 6.42 Å². The highest BCUT2D eigenvalue weighted by molar-refractivity contribution is 9.11. The lowest BCUT2D eigenvalue weighted by atomic mass is 10.0. The third-order valence-electron chi connectivity index (χ3n) is 2.66. The number of rotatable bonds is 4. The van der Waals surface area contributed by atoms with Crippen molar-refractivity contribution in [2.45, 2.75) is 20.3 Å². The lowest BCUT2D eigenvalue weighted by molar-refractivity contribution is 0.104. The number of halogens is 1. The van der Waals surface area contributed by atoms with Gasteiger partial charge in [-0.3, -0.25) is 4.79 Å². The normalized spacial score (nSPS) is 10.9. The molecule has 0 aliphatic heterocycles. The van der Waals surface area contributed by atoms with Gasteiger partial charge in [-0.1, -0.05) is 38.1 Å². The summed E-state index contributed by atoms with van der Waals surface area (Å²) in [6, 6.07) is 11.7. The monoisotopic (exact) mass is 322 g/mol. The molecule has 1 aromatic carbocycles. The van der Waals surface area contributed by atoms with Crippen LogP contribution in [0.4, 0.5) is 0 Å². The molecule has 1 heterocycles. The Morgan fingerprint density at radius 3 is 2.33 bits per heavy atom. The van der Waals surface area contributed by atoms with Gasteiger partial charge in [0.1, 0.15) is 0 Å². The molecule has 0 atom stereocenters. The zero-order chi connectivity index (χ0) is 13.1. The van der Waals surface area contributed by atoms with Crippen LogP contribution in [0.2, 0.25) is 0 Å². The first kappa shape index (κ1) is 13.5. The second kappa shape index (κ2) is 5.81. The summed E-state index contributed by atoms with van der Waals surface area (Å²) < 4.78 is 0.988. The third kappa shape index (κ3) is 3.30. The highest BCUT2D eigenvalue weighted by atomic mass is 79.9. The molecule has 3 heteroatoms. The van der Waals surface area contributed by atoms with Crippen LogP contribution in [0.5, 0.6) is 0 Å². The van der Waals surface area contributed by atoms with E-state index in [0.717, 1.165) is 20.6 Å². The van der Waals surface area contributed by atoms with E-state index >= 15 is 0 Å². The molecule has 94 valence electrons. The Hall–Kier alpha value is -0.930. The minimum absolute atomic E-state index is 0.0989. The molecule has 2 aromatic rings. The zero-order valence-corrected chi connectivity index (χ0v) is 12.8. The summed E-state index contributed by atoms with van der Waals surface area (Å²) >= 11 is 4.85. The van der Waals surface area contributed by atoms with E-state index in [2.05, 4.69) is 41.9 Å². The van der Waals surface area contributed by atoms with Gasteiger partial charge in [0.15, 0.2) is 0 Å². The quantitative estimate of drug-likeness (QED) is 0.728. The van der Waals surface area contributed by atoms with E-state index < -0.39 is 0 Å². The van der Waals surface area contributed by atoms with Crippen LogP contribution in [0.15, 0.2) is 40.2 Å². The average Bonchev–Trinajstić information content (AvgIpc) is 2.75. The molecular formula is C15H15BrOS. The maximum absolute atomic E-state index is 12.2. The third-order valence-corrected chi connectivity index (χ3v) is 4.28. The van der Waals surface area contributed by atoms with Crippen molar-refractivity contribution in [2.75, 3.05) is 0 Å². The number of thiophene rings is 1. The van der Waals surface area contributed by atoms with E-state index in [1.54, 1.807) is 0 Å². The van der Waals surface area contributed by atoms with Crippen molar-refractivity contribution in [3.05, 3.63) is 56.2 Å². The molecule has 18 heavy (non-hydrogen) atoms. The zero-order valence-electron chi connectivity index (χ0n) is 10.4. The summed E-state index contributed by atoms with van der Waals surface area (Å²) in [5, 5.41) is 0. The number of carbonyl (C=O) groups is 1. The number of ketones is 1. The van der Waals surface area contributed by atoms with Crippen LogP contribution in [-0.4, -0.2) is 5.78 Å². The summed E-state index contributed by atoms with van der Waals surface area (Å²) in [4.78, 5) is 13.0. The Kier molecular flexibility index (Phi) is 4.36. The SMILES string of the molecule is CC(C)Cc1ccc(C(=O)c2ccc(Br)s2)cc1. The molecule has 0 aliphatic carbocycles. The minimum atomic E-state index is 0.0989. The van der Waals surface area contributed by atoms with Crippen LogP contribution >= 0.6 is 27.3 Å². The fraction of sp³-hybridized carbons (Fsp3) is 0.267. The van der Waals surface area contributed by atoms with Crippen molar-refractivity contribution >= 4 is 33.0 Å². The number of hydrogen-bond acceptors (Lipinski definition) is 2. The smallest absolute Gasteiger partial charge is 0.202 e. The standard InChI is InChI=1S/C15H15BrOS/c1-10(2)9-11-3-5-12(6-4-11)15(17)13-7-8-14(16)18-13/h3-8,10H,9H2,1-2H3. The van der Waals surface area contributed by atoms with Gasteiger partial charge in [-0.05, 0) is 46.0 Å². The van der Waals surface area contributed by atoms with Crippen molar-refractivity contribution < 1.29 is 4.79 Å². The van der Waals surface area contributed by atoms with Crippen molar-refractivity contribution in [3.63, 3.8) is 0 Å². The van der Waals surface area contributed by atoms with Crippen LogP contribution in [0.25, 0.3) is 0 Å². The van der Waals surface area contributed by atoms with Gasteiger partial charge in [-0.25, -0.2) is 0 Å². The Labute approximate surface area is 120 Å². The summed E-state index contributed by atoms with van der Waals surface area (Å²) in [5.41, 5.74) is 2.05. The number of carbonyl (C=O) groups excluding carboxylic acids is 1. The Balaban J connectivity index is 2.17. The molecule has 0 bridgehead atoms. The molecular weight excluding hydrogens is 308 g/mol. The van der Waals surface area contributed by atoms with Crippen molar-refractivity contribution in [1.82, 2.24) is 0 Å². The molecule has 0 saturated carbocycles. The van der Waals surface area contributed by atoms with Crippen molar-refractivity contribution in [1.29, 1.82) is 0 Å². The van der Waals surface area contributed by atoms with Gasteiger partial charge in [0.05, 0.1) is 8.66 Å². The van der Waals surface area contributed by atoms with E-state index in [4.69, 9.17) is 0 Å². The first-order valence-electron chi connectivity index (χ1n) is 5.95. The van der Waals surface area contributed by atoms with Crippen LogP contribution in [0.3, 0.4) is 0 Å². The molecule has 0 radical (unpaired) electrons. The van der Waals surface area contributed by atoms with E-state index in [9.17, 15) is 4.79 Å². The molecule has 0 fully saturated rings. The van der Waals surface area contributed by atoms with Gasteiger partial charge in [0.25, 0.3) is 0 Å². The lowest BCUT2D eigenvalue weighted by Gasteiger charge is -2.05. The predicted octanol–water partition coefficient (Wildman–Crippen LogP) is 4.94. The molecule has 0 aliphatic rings. The van der Waals surface area contributed by atoms with Crippen LogP contribution in [0.1, 0.15) is 34.6 Å². The number of benzene rings is 1. The van der Waals surface area contributed by atoms with E-state index in [1.165, 1.54) is 16.9 Å². The highest BCUT2D eigenvalue weighted by Gasteiger charge is 2.11. The summed E-state index contributed by atoms with van der Waals surface area (Å²) in [6.45, 7) is 4.39. The first-order chi connectivity index (χ1) is 8.56. The van der Waals surface area contributed by atoms with Gasteiger partial charge in [-0.15, -0.1) is 11.3 Å². The largest absolute Gasteiger partial charge is 0.288 e. The summed E-state index contributed by atoms with van der Waals surface area (Å²) in [5.74, 6) is 0.738. The lowest BCUT2D eigenvalue weighted by Crippen LogP contribution is -1.99. The van der Waals surface area contributed by atoms with Crippen molar-refractivity contribution in [3.8, 4) is 0 Å². The van der Waals surface area contributed by atoms with Crippen LogP contribution in [0, 0.1) is 5.92 Å². The molecule has 1 aromatic heterocycles. The Morgan fingerprint density at radius 2 is 1.83 bits per heavy atom. The molecule has 2 rings (SSSR count). The molecule has 1 nitrogen and oxygen atoms in total. The summed E-state index contributed by atoms with van der Waals surface area (Å²) in [6.07, 6.45) is 1.05. The second-order valence-electron chi connectivity index (χ2n) is 4.73. The summed E-state index contributed by atoms with van der Waals surface area (Å²) in [7, 11) is 0.